The standard InChI is InChI=1S/C22H21O4S2/c1-17-10-9-11-19(16-17)18(2)22(27(23,24)20-12-5-3-6-13-20)28(25,26)21-14-7-4-8-15-21/h3-16,18H,1-2H3. The Morgan fingerprint density at radius 1 is 0.679 bits per heavy atom. The first kappa shape index (κ1) is 20.3. The fourth-order valence-electron chi connectivity index (χ4n) is 3.12. The maximum Gasteiger partial charge on any atom is 0.223 e. The average molecular weight is 414 g/mol. The molecule has 3 aromatic rings. The molecule has 28 heavy (non-hydrogen) atoms. The predicted octanol–water partition coefficient (Wildman–Crippen LogP) is 4.54. The fourth-order valence-corrected chi connectivity index (χ4v) is 7.55. The van der Waals surface area contributed by atoms with Crippen molar-refractivity contribution in [1.82, 2.24) is 0 Å². The van der Waals surface area contributed by atoms with Crippen LogP contribution in [0.4, 0.5) is 0 Å². The second-order valence-electron chi connectivity index (χ2n) is 6.59. The molecule has 145 valence electrons. The number of sulfone groups is 2. The monoisotopic (exact) mass is 413 g/mol. The first-order valence-corrected chi connectivity index (χ1v) is 11.7. The molecule has 3 rings (SSSR count). The highest BCUT2D eigenvalue weighted by Crippen LogP contribution is 2.41. The molecule has 0 saturated heterocycles. The van der Waals surface area contributed by atoms with Gasteiger partial charge in [0, 0.05) is 5.92 Å². The zero-order valence-corrected chi connectivity index (χ0v) is 17.2. The number of hydrogen-bond donors (Lipinski definition) is 0. The lowest BCUT2D eigenvalue weighted by Gasteiger charge is -2.24. The van der Waals surface area contributed by atoms with Gasteiger partial charge < -0.3 is 0 Å². The van der Waals surface area contributed by atoms with Gasteiger partial charge in [0.25, 0.3) is 0 Å². The van der Waals surface area contributed by atoms with Crippen LogP contribution in [0.3, 0.4) is 0 Å². The number of rotatable bonds is 6. The summed E-state index contributed by atoms with van der Waals surface area (Å²) in [6.45, 7) is 3.50. The van der Waals surface area contributed by atoms with E-state index in [1.807, 2.05) is 19.1 Å². The fraction of sp³-hybridized carbons (Fsp3) is 0.136. The molecule has 0 amide bonds. The van der Waals surface area contributed by atoms with Gasteiger partial charge in [-0.1, -0.05) is 73.2 Å². The van der Waals surface area contributed by atoms with Gasteiger partial charge in [0.15, 0.2) is 0 Å². The summed E-state index contributed by atoms with van der Waals surface area (Å²) >= 11 is 0. The van der Waals surface area contributed by atoms with E-state index in [1.54, 1.807) is 55.5 Å². The van der Waals surface area contributed by atoms with Gasteiger partial charge in [-0.25, -0.2) is 16.8 Å². The van der Waals surface area contributed by atoms with E-state index in [0.717, 1.165) is 5.56 Å². The van der Waals surface area contributed by atoms with E-state index in [2.05, 4.69) is 0 Å². The molecule has 3 aromatic carbocycles. The summed E-state index contributed by atoms with van der Waals surface area (Å²) in [4.78, 5) is -0.0759. The van der Waals surface area contributed by atoms with E-state index in [1.165, 1.54) is 24.3 Å². The van der Waals surface area contributed by atoms with Crippen LogP contribution in [0.1, 0.15) is 24.0 Å². The molecule has 6 heteroatoms. The number of hydrogen-bond acceptors (Lipinski definition) is 4. The van der Waals surface area contributed by atoms with Crippen LogP contribution in [-0.2, 0) is 19.7 Å². The van der Waals surface area contributed by atoms with Crippen LogP contribution in [0.25, 0.3) is 0 Å². The quantitative estimate of drug-likeness (QED) is 0.595. The third-order valence-electron chi connectivity index (χ3n) is 4.53. The Kier molecular flexibility index (Phi) is 5.72. The summed E-state index contributed by atoms with van der Waals surface area (Å²) in [5.74, 6) is -0.838. The highest BCUT2D eigenvalue weighted by atomic mass is 32.3. The Balaban J connectivity index is 2.23. The van der Waals surface area contributed by atoms with Crippen molar-refractivity contribution >= 4 is 19.7 Å². The minimum Gasteiger partial charge on any atom is -0.222 e. The Morgan fingerprint density at radius 3 is 1.57 bits per heavy atom. The van der Waals surface area contributed by atoms with Gasteiger partial charge in [-0.15, -0.1) is 0 Å². The lowest BCUT2D eigenvalue weighted by molar-refractivity contribution is 0.580. The number of aryl methyl sites for hydroxylation is 1. The molecule has 0 heterocycles. The van der Waals surface area contributed by atoms with Gasteiger partial charge in [0.05, 0.1) is 9.79 Å². The largest absolute Gasteiger partial charge is 0.223 e. The Hall–Kier alpha value is -2.44. The molecular weight excluding hydrogens is 392 g/mol. The smallest absolute Gasteiger partial charge is 0.222 e. The molecular formula is C22H21O4S2. The van der Waals surface area contributed by atoms with Crippen LogP contribution < -0.4 is 0 Å². The molecule has 1 radical (unpaired) electrons. The van der Waals surface area contributed by atoms with E-state index < -0.39 is 30.2 Å². The summed E-state index contributed by atoms with van der Waals surface area (Å²) < 4.78 is 53.2. The van der Waals surface area contributed by atoms with Crippen molar-refractivity contribution in [2.24, 2.45) is 0 Å². The summed E-state index contributed by atoms with van der Waals surface area (Å²) in [7, 11) is -8.48. The summed E-state index contributed by atoms with van der Waals surface area (Å²) in [5, 5.41) is 0. The van der Waals surface area contributed by atoms with Crippen molar-refractivity contribution in [3.63, 3.8) is 0 Å². The molecule has 0 N–H and O–H groups in total. The van der Waals surface area contributed by atoms with Crippen LogP contribution in [0.5, 0.6) is 0 Å². The van der Waals surface area contributed by atoms with Crippen molar-refractivity contribution in [3.05, 3.63) is 101 Å². The molecule has 0 aliphatic rings. The predicted molar refractivity (Wildman–Crippen MR) is 110 cm³/mol. The molecule has 0 spiro atoms. The SMILES string of the molecule is Cc1cccc(C(C)[C](S(=O)(=O)c2ccccc2)S(=O)(=O)c2ccccc2)c1. The Bertz CT molecular complexity index is 1080. The van der Waals surface area contributed by atoms with E-state index in [4.69, 9.17) is 0 Å². The van der Waals surface area contributed by atoms with Crippen molar-refractivity contribution in [2.75, 3.05) is 0 Å². The minimum absolute atomic E-state index is 0.0380. The van der Waals surface area contributed by atoms with Gasteiger partial charge in [0.1, 0.15) is 0 Å². The molecule has 1 atom stereocenters. The van der Waals surface area contributed by atoms with E-state index in [0.29, 0.717) is 5.56 Å². The van der Waals surface area contributed by atoms with Crippen molar-refractivity contribution < 1.29 is 16.8 Å². The molecule has 0 aromatic heterocycles. The van der Waals surface area contributed by atoms with Gasteiger partial charge in [-0.3, -0.25) is 0 Å². The maximum atomic E-state index is 13.4. The molecule has 1 unspecified atom stereocenters. The van der Waals surface area contributed by atoms with Crippen LogP contribution >= 0.6 is 0 Å². The summed E-state index contributed by atoms with van der Waals surface area (Å²) in [6, 6.07) is 22.6. The van der Waals surface area contributed by atoms with E-state index in [9.17, 15) is 16.8 Å². The van der Waals surface area contributed by atoms with Crippen molar-refractivity contribution in [2.45, 2.75) is 29.6 Å². The normalized spacial score (nSPS) is 13.4. The highest BCUT2D eigenvalue weighted by Gasteiger charge is 2.45. The number of benzene rings is 3. The maximum absolute atomic E-state index is 13.4. The third-order valence-corrected chi connectivity index (χ3v) is 9.40. The average Bonchev–Trinajstić information content (AvgIpc) is 2.69. The van der Waals surface area contributed by atoms with E-state index in [-0.39, 0.29) is 9.79 Å². The molecule has 0 bridgehead atoms. The lowest BCUT2D eigenvalue weighted by atomic mass is 10.0. The summed E-state index contributed by atoms with van der Waals surface area (Å²) in [6.07, 6.45) is 0. The second kappa shape index (κ2) is 7.89. The van der Waals surface area contributed by atoms with Gasteiger partial charge in [-0.2, -0.15) is 0 Å². The molecule has 0 fully saturated rings. The second-order valence-corrected chi connectivity index (χ2v) is 10.7. The van der Waals surface area contributed by atoms with Crippen molar-refractivity contribution in [3.8, 4) is 0 Å². The van der Waals surface area contributed by atoms with Gasteiger partial charge in [-0.05, 0) is 36.8 Å². The van der Waals surface area contributed by atoms with Crippen LogP contribution in [-0.4, -0.2) is 16.8 Å². The van der Waals surface area contributed by atoms with E-state index >= 15 is 0 Å². The lowest BCUT2D eigenvalue weighted by Crippen LogP contribution is -2.28. The Morgan fingerprint density at radius 2 is 1.14 bits per heavy atom. The van der Waals surface area contributed by atoms with Gasteiger partial charge >= 0.3 is 0 Å². The molecule has 4 nitrogen and oxygen atoms in total. The highest BCUT2D eigenvalue weighted by molar-refractivity contribution is 8.12. The Labute approximate surface area is 166 Å². The molecule has 0 aliphatic carbocycles. The zero-order valence-electron chi connectivity index (χ0n) is 15.6. The third kappa shape index (κ3) is 3.88. The van der Waals surface area contributed by atoms with Crippen LogP contribution in [0.15, 0.2) is 94.7 Å². The molecule has 0 saturated carbocycles. The minimum atomic E-state index is -4.24. The molecule has 0 aliphatic heterocycles. The first-order chi connectivity index (χ1) is 13.2. The first-order valence-electron chi connectivity index (χ1n) is 8.78. The van der Waals surface area contributed by atoms with Crippen molar-refractivity contribution in [1.29, 1.82) is 0 Å². The topological polar surface area (TPSA) is 68.3 Å². The van der Waals surface area contributed by atoms with Crippen LogP contribution in [0, 0.1) is 11.5 Å². The zero-order chi connectivity index (χ0) is 20.4. The van der Waals surface area contributed by atoms with Crippen LogP contribution in [0.2, 0.25) is 0 Å². The summed E-state index contributed by atoms with van der Waals surface area (Å²) in [5.41, 5.74) is 1.56. The van der Waals surface area contributed by atoms with Gasteiger partial charge in [0.2, 0.25) is 24.3 Å².